The summed E-state index contributed by atoms with van der Waals surface area (Å²) < 4.78 is 0. The summed E-state index contributed by atoms with van der Waals surface area (Å²) in [5.41, 5.74) is 20.2. The van der Waals surface area contributed by atoms with Crippen LogP contribution in [0.15, 0.2) is 36.4 Å². The summed E-state index contributed by atoms with van der Waals surface area (Å²) in [7, 11) is 0. The molecule has 0 amide bonds. The average molecular weight is 423 g/mol. The van der Waals surface area contributed by atoms with Gasteiger partial charge in [0.1, 0.15) is 0 Å². The van der Waals surface area contributed by atoms with Crippen molar-refractivity contribution >= 4 is 11.1 Å². The van der Waals surface area contributed by atoms with Gasteiger partial charge in [0.15, 0.2) is 0 Å². The molecule has 0 fully saturated rings. The van der Waals surface area contributed by atoms with Crippen LogP contribution in [0.3, 0.4) is 0 Å². The largest absolute Gasteiger partial charge is 0.0587 e. The Hall–Kier alpha value is -2.60. The fourth-order valence-corrected chi connectivity index (χ4v) is 5.55. The third-order valence-corrected chi connectivity index (χ3v) is 8.29. The van der Waals surface area contributed by atoms with Crippen LogP contribution in [0, 0.1) is 41.5 Å². The molecule has 0 unspecified atom stereocenters. The van der Waals surface area contributed by atoms with Crippen molar-refractivity contribution in [2.75, 3.05) is 0 Å². The summed E-state index contributed by atoms with van der Waals surface area (Å²) in [6, 6.07) is 14.3. The molecule has 4 aliphatic rings. The predicted molar refractivity (Wildman–Crippen MR) is 141 cm³/mol. The van der Waals surface area contributed by atoms with Crippen LogP contribution < -0.4 is 0 Å². The molecule has 0 aliphatic heterocycles. The molecule has 7 rings (SSSR count). The van der Waals surface area contributed by atoms with Crippen molar-refractivity contribution in [2.24, 2.45) is 0 Å². The number of benzene rings is 3. The summed E-state index contributed by atoms with van der Waals surface area (Å²) in [6.07, 6.45) is 4.39. The molecule has 0 N–H and O–H groups in total. The Balaban J connectivity index is 1.85. The van der Waals surface area contributed by atoms with Crippen LogP contribution in [0.4, 0.5) is 0 Å². The molecule has 3 aromatic rings. The van der Waals surface area contributed by atoms with E-state index in [9.17, 15) is 0 Å². The van der Waals surface area contributed by atoms with Crippen LogP contribution >= 0.6 is 0 Å². The molecule has 0 aromatic heterocycles. The molecule has 0 atom stereocenters. The van der Waals surface area contributed by atoms with Crippen molar-refractivity contribution in [2.45, 2.75) is 81.1 Å². The van der Waals surface area contributed by atoms with Gasteiger partial charge in [-0.1, -0.05) is 36.4 Å². The molecule has 0 nitrogen and oxygen atoms in total. The highest BCUT2D eigenvalue weighted by Gasteiger charge is 2.17. The van der Waals surface area contributed by atoms with Crippen LogP contribution in [-0.2, 0) is 25.7 Å². The Morgan fingerprint density at radius 3 is 1.62 bits per heavy atom. The number of hydrogen-bond donors (Lipinski definition) is 0. The van der Waals surface area contributed by atoms with Crippen molar-refractivity contribution in [3.63, 3.8) is 0 Å². The van der Waals surface area contributed by atoms with Gasteiger partial charge in [-0.3, -0.25) is 0 Å². The highest BCUT2D eigenvalue weighted by molar-refractivity contribution is 5.92. The Labute approximate surface area is 195 Å². The monoisotopic (exact) mass is 422 g/mol. The minimum Gasteiger partial charge on any atom is -0.0587 e. The lowest BCUT2D eigenvalue weighted by molar-refractivity contribution is 0.909. The Morgan fingerprint density at radius 1 is 0.531 bits per heavy atom. The Bertz CT molecular complexity index is 1200. The zero-order chi connectivity index (χ0) is 23.2. The zero-order valence-corrected chi connectivity index (χ0v) is 21.3. The number of aryl methyl sites for hydroxylation is 5. The zero-order valence-electron chi connectivity index (χ0n) is 21.3. The van der Waals surface area contributed by atoms with Gasteiger partial charge in [-0.15, -0.1) is 0 Å². The van der Waals surface area contributed by atoms with Crippen LogP contribution in [-0.4, -0.2) is 0 Å². The fraction of sp³-hybridized carbons (Fsp3) is 0.375. The summed E-state index contributed by atoms with van der Waals surface area (Å²) >= 11 is 0. The van der Waals surface area contributed by atoms with Crippen LogP contribution in [0.5, 0.6) is 0 Å². The molecule has 0 heteroatoms. The third-order valence-electron chi connectivity index (χ3n) is 8.29. The van der Waals surface area contributed by atoms with Crippen molar-refractivity contribution in [1.82, 2.24) is 0 Å². The molecule has 0 radical (unpaired) electrons. The molecule has 0 saturated heterocycles. The van der Waals surface area contributed by atoms with E-state index in [0.717, 1.165) is 25.7 Å². The van der Waals surface area contributed by atoms with Crippen molar-refractivity contribution < 1.29 is 0 Å². The molecule has 166 valence electrons. The van der Waals surface area contributed by atoms with Crippen molar-refractivity contribution in [3.05, 3.63) is 103 Å². The lowest BCUT2D eigenvalue weighted by atomic mass is 9.83. The molecule has 4 aliphatic carbocycles. The maximum absolute atomic E-state index is 2.48. The molecule has 4 bridgehead atoms. The van der Waals surface area contributed by atoms with Gasteiger partial charge in [0.2, 0.25) is 0 Å². The number of hydrogen-bond acceptors (Lipinski definition) is 0. The Kier molecular flexibility index (Phi) is 6.17. The maximum Gasteiger partial charge on any atom is -0.0160 e. The lowest BCUT2D eigenvalue weighted by Crippen LogP contribution is -2.05. The van der Waals surface area contributed by atoms with Gasteiger partial charge in [0.25, 0.3) is 0 Å². The van der Waals surface area contributed by atoms with E-state index in [1.807, 2.05) is 0 Å². The number of rotatable bonds is 2. The summed E-state index contributed by atoms with van der Waals surface area (Å²) in [4.78, 5) is 0. The SMILES string of the molecule is C/C(=C(/C)c1c(C)c(C)c(C)c(C)c1C)c1cc2ccc1CCc1ccc(c(C)c1)CC2. The lowest BCUT2D eigenvalue weighted by Gasteiger charge is -2.22. The molecule has 0 heterocycles. The van der Waals surface area contributed by atoms with Gasteiger partial charge >= 0.3 is 0 Å². The summed E-state index contributed by atoms with van der Waals surface area (Å²) in [6.45, 7) is 18.4. The maximum atomic E-state index is 2.48. The highest BCUT2D eigenvalue weighted by Crippen LogP contribution is 2.36. The van der Waals surface area contributed by atoms with Gasteiger partial charge in [-0.05, 0) is 159 Å². The van der Waals surface area contributed by atoms with Gasteiger partial charge in [0.05, 0.1) is 0 Å². The van der Waals surface area contributed by atoms with Crippen molar-refractivity contribution in [3.8, 4) is 0 Å². The van der Waals surface area contributed by atoms with E-state index >= 15 is 0 Å². The van der Waals surface area contributed by atoms with Crippen molar-refractivity contribution in [1.29, 1.82) is 0 Å². The normalized spacial score (nSPS) is 14.2. The minimum absolute atomic E-state index is 1.09. The standard InChI is InChI=1S/C32H38/c1-19-17-27-9-13-29(19)14-10-28-12-16-30(15-11-27)31(18-28)23(5)26(8)32-24(6)21(3)20(2)22(4)25(32)7/h9,12-13,16-18H,10-11,14-15H2,1-8H3/b26-23+. The molecule has 3 aromatic carbocycles. The van der Waals surface area contributed by atoms with E-state index in [-0.39, 0.29) is 0 Å². The number of allylic oxidation sites excluding steroid dienone is 2. The van der Waals surface area contributed by atoms with E-state index in [2.05, 4.69) is 91.8 Å². The van der Waals surface area contributed by atoms with Gasteiger partial charge in [-0.2, -0.15) is 0 Å². The van der Waals surface area contributed by atoms with E-state index in [1.165, 1.54) is 77.9 Å². The topological polar surface area (TPSA) is 0 Å². The smallest absolute Gasteiger partial charge is 0.0160 e. The average Bonchev–Trinajstić information content (AvgIpc) is 2.78. The van der Waals surface area contributed by atoms with Crippen LogP contribution in [0.1, 0.15) is 80.6 Å². The van der Waals surface area contributed by atoms with E-state index in [0.29, 0.717) is 0 Å². The first kappa shape index (κ1) is 22.6. The first-order valence-corrected chi connectivity index (χ1v) is 12.1. The van der Waals surface area contributed by atoms with Crippen LogP contribution in [0.2, 0.25) is 0 Å². The summed E-state index contributed by atoms with van der Waals surface area (Å²) in [5, 5.41) is 0. The fourth-order valence-electron chi connectivity index (χ4n) is 5.55. The van der Waals surface area contributed by atoms with Gasteiger partial charge < -0.3 is 0 Å². The Morgan fingerprint density at radius 2 is 1.03 bits per heavy atom. The third kappa shape index (κ3) is 3.96. The van der Waals surface area contributed by atoms with Gasteiger partial charge in [-0.25, -0.2) is 0 Å². The van der Waals surface area contributed by atoms with E-state index in [1.54, 1.807) is 0 Å². The van der Waals surface area contributed by atoms with Gasteiger partial charge in [0, 0.05) is 0 Å². The van der Waals surface area contributed by atoms with E-state index in [4.69, 9.17) is 0 Å². The second-order valence-electron chi connectivity index (χ2n) is 10.0. The minimum atomic E-state index is 1.09. The quantitative estimate of drug-likeness (QED) is 0.364. The molecular formula is C32H38. The molecule has 0 saturated carbocycles. The second-order valence-corrected chi connectivity index (χ2v) is 10.0. The first-order chi connectivity index (χ1) is 15.2. The van der Waals surface area contributed by atoms with Crippen LogP contribution in [0.25, 0.3) is 11.1 Å². The predicted octanol–water partition coefficient (Wildman–Crippen LogP) is 8.37. The highest BCUT2D eigenvalue weighted by atomic mass is 14.2. The van der Waals surface area contributed by atoms with E-state index < -0.39 is 0 Å². The summed E-state index contributed by atoms with van der Waals surface area (Å²) in [5.74, 6) is 0. The molecule has 0 spiro atoms. The molecule has 32 heavy (non-hydrogen) atoms. The first-order valence-electron chi connectivity index (χ1n) is 12.1. The molecular weight excluding hydrogens is 384 g/mol. The second kappa shape index (κ2) is 8.74.